The molecule has 3 heterocycles. The molecule has 23 heavy (non-hydrogen) atoms. The van der Waals surface area contributed by atoms with Crippen molar-refractivity contribution >= 4 is 17.5 Å². The Balaban J connectivity index is 1.67. The molecule has 0 bridgehead atoms. The molecule has 0 radical (unpaired) electrons. The summed E-state index contributed by atoms with van der Waals surface area (Å²) in [5, 5.41) is 9.93. The van der Waals surface area contributed by atoms with Gasteiger partial charge in [-0.15, -0.1) is 10.2 Å². The SMILES string of the molecule is O=C(NC1CCN(CC(F)(F)F)C1=O)c1ccc2nncn2c1. The van der Waals surface area contributed by atoms with Crippen molar-refractivity contribution < 1.29 is 22.8 Å². The van der Waals surface area contributed by atoms with Gasteiger partial charge >= 0.3 is 6.18 Å². The van der Waals surface area contributed by atoms with E-state index in [1.807, 2.05) is 0 Å². The van der Waals surface area contributed by atoms with Gasteiger partial charge in [0.15, 0.2) is 5.65 Å². The minimum atomic E-state index is -4.45. The number of rotatable bonds is 3. The van der Waals surface area contributed by atoms with Crippen LogP contribution in [-0.2, 0) is 4.79 Å². The number of carbonyl (C=O) groups is 2. The molecule has 122 valence electrons. The fourth-order valence-corrected chi connectivity index (χ4v) is 2.45. The van der Waals surface area contributed by atoms with Gasteiger partial charge in [-0.1, -0.05) is 0 Å². The maximum absolute atomic E-state index is 12.4. The van der Waals surface area contributed by atoms with Crippen LogP contribution in [-0.4, -0.2) is 56.6 Å². The minimum Gasteiger partial charge on any atom is -0.340 e. The molecule has 0 aromatic carbocycles. The summed E-state index contributed by atoms with van der Waals surface area (Å²) in [6.07, 6.45) is -1.40. The number of halogens is 3. The zero-order valence-corrected chi connectivity index (χ0v) is 11.7. The summed E-state index contributed by atoms with van der Waals surface area (Å²) in [4.78, 5) is 24.8. The van der Waals surface area contributed by atoms with Gasteiger partial charge in [0.25, 0.3) is 5.91 Å². The summed E-state index contributed by atoms with van der Waals surface area (Å²) >= 11 is 0. The molecule has 2 aromatic heterocycles. The molecule has 1 atom stereocenters. The van der Waals surface area contributed by atoms with Gasteiger partial charge < -0.3 is 10.2 Å². The lowest BCUT2D eigenvalue weighted by molar-refractivity contribution is -0.157. The number of alkyl halides is 3. The van der Waals surface area contributed by atoms with Crippen molar-refractivity contribution in [3.8, 4) is 0 Å². The largest absolute Gasteiger partial charge is 0.406 e. The highest BCUT2D eigenvalue weighted by Gasteiger charge is 2.39. The van der Waals surface area contributed by atoms with Crippen LogP contribution >= 0.6 is 0 Å². The molecule has 1 unspecified atom stereocenters. The monoisotopic (exact) mass is 327 g/mol. The normalized spacial score (nSPS) is 18.7. The number of fused-ring (bicyclic) bond motifs is 1. The number of amides is 2. The standard InChI is InChI=1S/C13H12F3N5O2/c14-13(15,16)6-20-4-3-9(12(20)23)18-11(22)8-1-2-10-19-17-7-21(10)5-8/h1-2,5,7,9H,3-4,6H2,(H,18,22). The number of carbonyl (C=O) groups excluding carboxylic acids is 2. The van der Waals surface area contributed by atoms with E-state index >= 15 is 0 Å². The fraction of sp³-hybridized carbons (Fsp3) is 0.385. The molecule has 1 aliphatic rings. The second-order valence-electron chi connectivity index (χ2n) is 5.20. The predicted molar refractivity (Wildman–Crippen MR) is 71.5 cm³/mol. The number of nitrogens with zero attached hydrogens (tertiary/aromatic N) is 4. The topological polar surface area (TPSA) is 79.6 Å². The predicted octanol–water partition coefficient (Wildman–Crippen LogP) is 0.622. The van der Waals surface area contributed by atoms with E-state index in [-0.39, 0.29) is 18.5 Å². The summed E-state index contributed by atoms with van der Waals surface area (Å²) in [5.74, 6) is -1.26. The summed E-state index contributed by atoms with van der Waals surface area (Å²) in [6, 6.07) is 2.14. The number of likely N-dealkylation sites (tertiary alicyclic amines) is 1. The zero-order chi connectivity index (χ0) is 16.6. The molecule has 2 aromatic rings. The first-order valence-electron chi connectivity index (χ1n) is 6.79. The molecule has 1 fully saturated rings. The molecular weight excluding hydrogens is 315 g/mol. The molecule has 0 saturated carbocycles. The summed E-state index contributed by atoms with van der Waals surface area (Å²) in [7, 11) is 0. The lowest BCUT2D eigenvalue weighted by atomic mass is 10.2. The Morgan fingerprint density at radius 3 is 2.91 bits per heavy atom. The summed E-state index contributed by atoms with van der Waals surface area (Å²) < 4.78 is 38.6. The van der Waals surface area contributed by atoms with Crippen molar-refractivity contribution in [2.75, 3.05) is 13.1 Å². The Morgan fingerprint density at radius 1 is 1.39 bits per heavy atom. The molecule has 3 rings (SSSR count). The maximum Gasteiger partial charge on any atom is 0.406 e. The smallest absolute Gasteiger partial charge is 0.340 e. The van der Waals surface area contributed by atoms with Crippen LogP contribution in [0.4, 0.5) is 13.2 Å². The minimum absolute atomic E-state index is 0.0340. The van der Waals surface area contributed by atoms with Gasteiger partial charge in [-0.25, -0.2) is 0 Å². The Hall–Kier alpha value is -2.65. The van der Waals surface area contributed by atoms with Crippen molar-refractivity contribution in [3.05, 3.63) is 30.2 Å². The average molecular weight is 327 g/mol. The van der Waals surface area contributed by atoms with Gasteiger partial charge in [0.05, 0.1) is 5.56 Å². The van der Waals surface area contributed by atoms with Crippen LogP contribution in [0.15, 0.2) is 24.7 Å². The number of hydrogen-bond acceptors (Lipinski definition) is 4. The van der Waals surface area contributed by atoms with E-state index < -0.39 is 30.6 Å². The van der Waals surface area contributed by atoms with Gasteiger partial charge in [0.2, 0.25) is 5.91 Å². The third kappa shape index (κ3) is 3.25. The first kappa shape index (κ1) is 15.3. The Morgan fingerprint density at radius 2 is 2.17 bits per heavy atom. The van der Waals surface area contributed by atoms with E-state index in [4.69, 9.17) is 0 Å². The lowest BCUT2D eigenvalue weighted by Gasteiger charge is -2.18. The molecule has 0 aliphatic carbocycles. The second kappa shape index (κ2) is 5.52. The number of pyridine rings is 1. The third-order valence-corrected chi connectivity index (χ3v) is 3.53. The lowest BCUT2D eigenvalue weighted by Crippen LogP contribution is -2.43. The van der Waals surface area contributed by atoms with Gasteiger partial charge in [-0.3, -0.25) is 14.0 Å². The second-order valence-corrected chi connectivity index (χ2v) is 5.20. The quantitative estimate of drug-likeness (QED) is 0.896. The maximum atomic E-state index is 12.4. The Bertz CT molecular complexity index is 757. The average Bonchev–Trinajstić information content (AvgIpc) is 3.06. The van der Waals surface area contributed by atoms with E-state index in [9.17, 15) is 22.8 Å². The van der Waals surface area contributed by atoms with Crippen LogP contribution in [0.1, 0.15) is 16.8 Å². The van der Waals surface area contributed by atoms with Crippen LogP contribution in [0, 0.1) is 0 Å². The van der Waals surface area contributed by atoms with Crippen molar-refractivity contribution in [1.82, 2.24) is 24.8 Å². The van der Waals surface area contributed by atoms with E-state index in [1.54, 1.807) is 6.07 Å². The molecule has 2 amide bonds. The van der Waals surface area contributed by atoms with Crippen LogP contribution in [0.2, 0.25) is 0 Å². The van der Waals surface area contributed by atoms with Crippen LogP contribution < -0.4 is 5.32 Å². The highest BCUT2D eigenvalue weighted by Crippen LogP contribution is 2.21. The Labute approximate surface area is 128 Å². The van der Waals surface area contributed by atoms with Crippen LogP contribution in [0.3, 0.4) is 0 Å². The number of hydrogen-bond donors (Lipinski definition) is 1. The van der Waals surface area contributed by atoms with Crippen molar-refractivity contribution in [2.45, 2.75) is 18.6 Å². The molecule has 1 saturated heterocycles. The van der Waals surface area contributed by atoms with Gasteiger partial charge in [-0.2, -0.15) is 13.2 Å². The highest BCUT2D eigenvalue weighted by atomic mass is 19.4. The molecule has 10 heteroatoms. The molecule has 1 aliphatic heterocycles. The first-order chi connectivity index (χ1) is 10.8. The van der Waals surface area contributed by atoms with Crippen molar-refractivity contribution in [1.29, 1.82) is 0 Å². The van der Waals surface area contributed by atoms with E-state index in [0.29, 0.717) is 10.5 Å². The van der Waals surface area contributed by atoms with Crippen molar-refractivity contribution in [2.24, 2.45) is 0 Å². The first-order valence-corrected chi connectivity index (χ1v) is 6.79. The van der Waals surface area contributed by atoms with Gasteiger partial charge in [0, 0.05) is 12.7 Å². The van der Waals surface area contributed by atoms with Gasteiger partial charge in [-0.05, 0) is 18.6 Å². The number of aromatic nitrogens is 3. The van der Waals surface area contributed by atoms with Crippen LogP contribution in [0.5, 0.6) is 0 Å². The molecule has 0 spiro atoms. The summed E-state index contributed by atoms with van der Waals surface area (Å²) in [5.41, 5.74) is 0.814. The zero-order valence-electron chi connectivity index (χ0n) is 11.7. The highest BCUT2D eigenvalue weighted by molar-refractivity contribution is 5.98. The molecule has 7 nitrogen and oxygen atoms in total. The van der Waals surface area contributed by atoms with Crippen LogP contribution in [0.25, 0.3) is 5.65 Å². The van der Waals surface area contributed by atoms with E-state index in [2.05, 4.69) is 15.5 Å². The Kier molecular flexibility index (Phi) is 3.66. The number of nitrogens with one attached hydrogen (secondary N) is 1. The summed E-state index contributed by atoms with van der Waals surface area (Å²) in [6.45, 7) is -1.33. The van der Waals surface area contributed by atoms with Crippen molar-refractivity contribution in [3.63, 3.8) is 0 Å². The fourth-order valence-electron chi connectivity index (χ4n) is 2.45. The molecular formula is C13H12F3N5O2. The molecule has 1 N–H and O–H groups in total. The van der Waals surface area contributed by atoms with Gasteiger partial charge in [0.1, 0.15) is 18.9 Å². The third-order valence-electron chi connectivity index (χ3n) is 3.53. The van der Waals surface area contributed by atoms with E-state index in [1.165, 1.54) is 23.0 Å². The van der Waals surface area contributed by atoms with E-state index in [0.717, 1.165) is 0 Å².